The van der Waals surface area contributed by atoms with Gasteiger partial charge in [0.2, 0.25) is 0 Å². The number of halogens is 1. The molecule has 0 amide bonds. The molecule has 2 aromatic carbocycles. The molecular weight excluding hydrogens is 387 g/mol. The van der Waals surface area contributed by atoms with E-state index in [2.05, 4.69) is 54.3 Å². The van der Waals surface area contributed by atoms with Crippen LogP contribution in [0.25, 0.3) is 17.0 Å². The van der Waals surface area contributed by atoms with Crippen LogP contribution in [0, 0.1) is 5.82 Å². The van der Waals surface area contributed by atoms with Crippen molar-refractivity contribution in [3.05, 3.63) is 88.0 Å². The summed E-state index contributed by atoms with van der Waals surface area (Å²) in [6.45, 7) is 7.95. The zero-order valence-electron chi connectivity index (χ0n) is 18.5. The zero-order chi connectivity index (χ0) is 22.0. The van der Waals surface area contributed by atoms with Crippen molar-refractivity contribution < 1.29 is 4.39 Å². The smallest absolute Gasteiger partial charge is 0.196 e. The molecule has 2 unspecified atom stereocenters. The van der Waals surface area contributed by atoms with E-state index < -0.39 is 0 Å². The van der Waals surface area contributed by atoms with E-state index in [1.165, 1.54) is 11.6 Å². The summed E-state index contributed by atoms with van der Waals surface area (Å²) < 4.78 is 17.1. The van der Waals surface area contributed by atoms with Crippen molar-refractivity contribution in [1.82, 2.24) is 9.47 Å². The summed E-state index contributed by atoms with van der Waals surface area (Å²) in [6, 6.07) is 14.1. The first kappa shape index (κ1) is 21.5. The Labute approximate surface area is 183 Å². The van der Waals surface area contributed by atoms with Crippen LogP contribution >= 0.6 is 0 Å². The molecule has 1 aliphatic carbocycles. The van der Waals surface area contributed by atoms with Gasteiger partial charge in [0.15, 0.2) is 5.43 Å². The molecule has 1 heterocycles. The third kappa shape index (κ3) is 4.49. The molecular formula is C27H31FN2O. The van der Waals surface area contributed by atoms with Crippen LogP contribution in [-0.2, 0) is 6.42 Å². The van der Waals surface area contributed by atoms with Crippen LogP contribution in [0.15, 0.2) is 60.0 Å². The monoisotopic (exact) mass is 418 g/mol. The lowest BCUT2D eigenvalue weighted by molar-refractivity contribution is 0.329. The predicted octanol–water partition coefficient (Wildman–Crippen LogP) is 5.79. The van der Waals surface area contributed by atoms with E-state index in [0.29, 0.717) is 28.9 Å². The molecule has 1 saturated carbocycles. The van der Waals surface area contributed by atoms with Crippen molar-refractivity contribution in [2.24, 2.45) is 0 Å². The van der Waals surface area contributed by atoms with Gasteiger partial charge in [-0.3, -0.25) is 4.79 Å². The fourth-order valence-corrected chi connectivity index (χ4v) is 4.63. The van der Waals surface area contributed by atoms with E-state index in [4.69, 9.17) is 0 Å². The highest BCUT2D eigenvalue weighted by Gasteiger charge is 2.40. The molecule has 1 aliphatic rings. The molecule has 4 heteroatoms. The highest BCUT2D eigenvalue weighted by molar-refractivity contribution is 5.82. The number of fused-ring (bicyclic) bond motifs is 1. The summed E-state index contributed by atoms with van der Waals surface area (Å²) in [4.78, 5) is 15.2. The first-order valence-electron chi connectivity index (χ1n) is 11.3. The molecule has 4 rings (SSSR count). The normalized spacial score (nSPS) is 17.9. The molecule has 31 heavy (non-hydrogen) atoms. The lowest BCUT2D eigenvalue weighted by atomic mass is 10.0. The summed E-state index contributed by atoms with van der Waals surface area (Å²) >= 11 is 0. The van der Waals surface area contributed by atoms with Crippen LogP contribution in [0.2, 0.25) is 0 Å². The van der Waals surface area contributed by atoms with Gasteiger partial charge in [0.25, 0.3) is 0 Å². The lowest BCUT2D eigenvalue weighted by Crippen LogP contribution is -2.21. The minimum Gasteiger partial charge on any atom is -0.343 e. The van der Waals surface area contributed by atoms with Gasteiger partial charge in [0.1, 0.15) is 5.82 Å². The molecule has 1 aromatic heterocycles. The van der Waals surface area contributed by atoms with Crippen molar-refractivity contribution in [2.75, 3.05) is 20.1 Å². The molecule has 2 atom stereocenters. The number of hydrogen-bond acceptors (Lipinski definition) is 2. The summed E-state index contributed by atoms with van der Waals surface area (Å²) in [5.74, 6) is 0.131. The highest BCUT2D eigenvalue weighted by atomic mass is 19.1. The van der Waals surface area contributed by atoms with Crippen LogP contribution in [0.5, 0.6) is 0 Å². The number of benzene rings is 2. The molecule has 162 valence electrons. The van der Waals surface area contributed by atoms with Gasteiger partial charge in [-0.15, -0.1) is 0 Å². The van der Waals surface area contributed by atoms with Crippen molar-refractivity contribution in [3.63, 3.8) is 0 Å². The molecule has 1 fully saturated rings. The average molecular weight is 419 g/mol. The maximum Gasteiger partial charge on any atom is 0.196 e. The summed E-state index contributed by atoms with van der Waals surface area (Å²) in [5.41, 5.74) is 3.21. The van der Waals surface area contributed by atoms with E-state index >= 15 is 0 Å². The highest BCUT2D eigenvalue weighted by Crippen LogP contribution is 2.52. The minimum absolute atomic E-state index is 0.147. The SMILES string of the molecule is C=Cc1cn(C2CC2c2ccccc2)c2cc(CCCN(C)CCC)c(F)cc2c1=O. The maximum atomic E-state index is 14.9. The third-order valence-electron chi connectivity index (χ3n) is 6.38. The second-order valence-electron chi connectivity index (χ2n) is 8.71. The van der Waals surface area contributed by atoms with Crippen LogP contribution in [0.1, 0.15) is 54.8 Å². The number of aryl methyl sites for hydroxylation is 1. The van der Waals surface area contributed by atoms with Crippen LogP contribution in [-0.4, -0.2) is 29.6 Å². The predicted molar refractivity (Wildman–Crippen MR) is 127 cm³/mol. The Bertz CT molecular complexity index is 1140. The average Bonchev–Trinajstić information content (AvgIpc) is 3.56. The Balaban J connectivity index is 1.69. The lowest BCUT2D eigenvalue weighted by Gasteiger charge is -2.17. The van der Waals surface area contributed by atoms with Gasteiger partial charge < -0.3 is 9.47 Å². The molecule has 0 radical (unpaired) electrons. The first-order chi connectivity index (χ1) is 15.0. The van der Waals surface area contributed by atoms with Crippen molar-refractivity contribution in [3.8, 4) is 0 Å². The molecule has 0 N–H and O–H groups in total. The standard InChI is InChI=1S/C27H31FN2O/c1-4-13-29(3)14-9-12-21-15-25-23(16-24(21)28)27(31)19(5-2)18-30(25)26-17-22(26)20-10-7-6-8-11-20/h5-8,10-11,15-16,18,22,26H,2,4,9,12-14,17H2,1,3H3. The van der Waals surface area contributed by atoms with Crippen molar-refractivity contribution in [1.29, 1.82) is 0 Å². The number of pyridine rings is 1. The first-order valence-corrected chi connectivity index (χ1v) is 11.3. The van der Waals surface area contributed by atoms with Gasteiger partial charge in [-0.2, -0.15) is 0 Å². The summed E-state index contributed by atoms with van der Waals surface area (Å²) in [6.07, 6.45) is 7.18. The number of nitrogens with zero attached hydrogens (tertiary/aromatic N) is 2. The second-order valence-corrected chi connectivity index (χ2v) is 8.71. The van der Waals surface area contributed by atoms with E-state index in [0.717, 1.165) is 37.9 Å². The van der Waals surface area contributed by atoms with Gasteiger partial charge in [-0.25, -0.2) is 4.39 Å². The Kier molecular flexibility index (Phi) is 6.38. The topological polar surface area (TPSA) is 25.2 Å². The molecule has 0 saturated heterocycles. The van der Waals surface area contributed by atoms with Gasteiger partial charge in [0, 0.05) is 29.1 Å². The Morgan fingerprint density at radius 2 is 2.00 bits per heavy atom. The largest absolute Gasteiger partial charge is 0.343 e. The summed E-state index contributed by atoms with van der Waals surface area (Å²) in [5, 5.41) is 0.445. The van der Waals surface area contributed by atoms with E-state index in [1.807, 2.05) is 18.3 Å². The molecule has 3 nitrogen and oxygen atoms in total. The zero-order valence-corrected chi connectivity index (χ0v) is 18.5. The number of hydrogen-bond donors (Lipinski definition) is 0. The van der Waals surface area contributed by atoms with Crippen LogP contribution in [0.4, 0.5) is 4.39 Å². The third-order valence-corrected chi connectivity index (χ3v) is 6.38. The Morgan fingerprint density at radius 1 is 1.23 bits per heavy atom. The molecule has 3 aromatic rings. The number of rotatable bonds is 9. The Morgan fingerprint density at radius 3 is 2.71 bits per heavy atom. The quantitative estimate of drug-likeness (QED) is 0.440. The van der Waals surface area contributed by atoms with Gasteiger partial charge >= 0.3 is 0 Å². The van der Waals surface area contributed by atoms with E-state index in [1.54, 1.807) is 6.08 Å². The minimum atomic E-state index is -0.286. The second kappa shape index (κ2) is 9.19. The van der Waals surface area contributed by atoms with Gasteiger partial charge in [-0.1, -0.05) is 49.9 Å². The van der Waals surface area contributed by atoms with Crippen LogP contribution in [0.3, 0.4) is 0 Å². The fraction of sp³-hybridized carbons (Fsp3) is 0.370. The van der Waals surface area contributed by atoms with Gasteiger partial charge in [0.05, 0.1) is 5.52 Å². The van der Waals surface area contributed by atoms with Gasteiger partial charge in [-0.05, 0) is 69.1 Å². The molecule has 0 bridgehead atoms. The molecule has 0 aliphatic heterocycles. The van der Waals surface area contributed by atoms with E-state index in [-0.39, 0.29) is 17.3 Å². The fourth-order valence-electron chi connectivity index (χ4n) is 4.63. The maximum absolute atomic E-state index is 14.9. The summed E-state index contributed by atoms with van der Waals surface area (Å²) in [7, 11) is 2.10. The van der Waals surface area contributed by atoms with Crippen LogP contribution < -0.4 is 5.43 Å². The van der Waals surface area contributed by atoms with Crippen molar-refractivity contribution >= 4 is 17.0 Å². The van der Waals surface area contributed by atoms with Crippen molar-refractivity contribution in [2.45, 2.75) is 44.6 Å². The molecule has 0 spiro atoms. The number of aromatic nitrogens is 1. The Hall–Kier alpha value is -2.72. The van der Waals surface area contributed by atoms with E-state index in [9.17, 15) is 9.18 Å².